The Morgan fingerprint density at radius 1 is 1.37 bits per heavy atom. The van der Waals surface area contributed by atoms with Crippen molar-refractivity contribution in [3.63, 3.8) is 0 Å². The molecule has 2 fully saturated rings. The van der Waals surface area contributed by atoms with Gasteiger partial charge in [0.2, 0.25) is 0 Å². The highest BCUT2D eigenvalue weighted by Gasteiger charge is 2.58. The van der Waals surface area contributed by atoms with Gasteiger partial charge in [-0.3, -0.25) is 14.6 Å². The second kappa shape index (κ2) is 7.64. The number of hydrogen-bond donors (Lipinski definition) is 2. The van der Waals surface area contributed by atoms with E-state index in [9.17, 15) is 15.0 Å². The van der Waals surface area contributed by atoms with Gasteiger partial charge in [-0.15, -0.1) is 5.76 Å². The maximum Gasteiger partial charge on any atom is 0.285 e. The number of benzene rings is 1. The molecule has 1 amide bonds. The summed E-state index contributed by atoms with van der Waals surface area (Å²) in [7, 11) is 1.83. The van der Waals surface area contributed by atoms with Crippen molar-refractivity contribution in [2.75, 3.05) is 7.05 Å². The number of nitrogens with one attached hydrogen (secondary N) is 1. The van der Waals surface area contributed by atoms with E-state index in [0.717, 1.165) is 29.7 Å². The number of carbonyl (C=O) groups excluding carboxylic acids is 1. The van der Waals surface area contributed by atoms with Crippen LogP contribution in [-0.4, -0.2) is 40.9 Å². The van der Waals surface area contributed by atoms with Crippen LogP contribution in [0.3, 0.4) is 0 Å². The van der Waals surface area contributed by atoms with E-state index in [-0.39, 0.29) is 29.5 Å². The molecular weight excluding hydrogens is 340 g/mol. The number of amides is 1. The molecule has 1 aromatic carbocycles. The molecule has 2 aliphatic rings. The highest BCUT2D eigenvalue weighted by molar-refractivity contribution is 5.82. The van der Waals surface area contributed by atoms with Gasteiger partial charge in [0.1, 0.15) is 0 Å². The van der Waals surface area contributed by atoms with E-state index >= 15 is 0 Å². The molecule has 1 saturated carbocycles. The lowest BCUT2D eigenvalue weighted by Gasteiger charge is -2.39. The van der Waals surface area contributed by atoms with Crippen molar-refractivity contribution in [2.24, 2.45) is 11.8 Å². The largest absolute Gasteiger partial charge is 0.876 e. The topological polar surface area (TPSA) is 68.0 Å². The van der Waals surface area contributed by atoms with Gasteiger partial charge >= 0.3 is 0 Å². The molecular formula is C22H32N2O3. The van der Waals surface area contributed by atoms with Crippen molar-refractivity contribution in [3.8, 4) is 0 Å². The fourth-order valence-electron chi connectivity index (χ4n) is 5.03. The average molecular weight is 373 g/mol. The van der Waals surface area contributed by atoms with Crippen molar-refractivity contribution >= 4 is 5.91 Å². The SMILES string of the molecule is C/C([O-])=C\[C@H]1CCCC1[C@H](O)[NH+]1[C@@H](Cc2ccccc2)C(=O)N(C)C1(C)C. The molecule has 0 radical (unpaired) electrons. The minimum Gasteiger partial charge on any atom is -0.876 e. The number of aliphatic hydroxyl groups excluding tert-OH is 1. The summed E-state index contributed by atoms with van der Waals surface area (Å²) in [6.07, 6.45) is 4.53. The molecule has 2 N–H and O–H groups in total. The first-order valence-electron chi connectivity index (χ1n) is 9.95. The third-order valence-electron chi connectivity index (χ3n) is 6.63. The second-order valence-corrected chi connectivity index (χ2v) is 8.63. The van der Waals surface area contributed by atoms with Crippen LogP contribution in [0.15, 0.2) is 42.2 Å². The van der Waals surface area contributed by atoms with Crippen LogP contribution >= 0.6 is 0 Å². The minimum absolute atomic E-state index is 0.0146. The number of allylic oxidation sites excluding steroid dienone is 2. The van der Waals surface area contributed by atoms with Gasteiger partial charge in [-0.05, 0) is 24.3 Å². The molecule has 27 heavy (non-hydrogen) atoms. The summed E-state index contributed by atoms with van der Waals surface area (Å²) < 4.78 is 0. The smallest absolute Gasteiger partial charge is 0.285 e. The van der Waals surface area contributed by atoms with Crippen LogP contribution in [0, 0.1) is 11.8 Å². The predicted octanol–water partition coefficient (Wildman–Crippen LogP) is 0.690. The molecule has 0 bridgehead atoms. The lowest BCUT2D eigenvalue weighted by Crippen LogP contribution is -3.25. The molecule has 5 nitrogen and oxygen atoms in total. The number of nitrogens with zero attached hydrogens (tertiary/aromatic N) is 1. The highest BCUT2D eigenvalue weighted by atomic mass is 16.3. The van der Waals surface area contributed by atoms with Crippen LogP contribution in [0.1, 0.15) is 45.6 Å². The van der Waals surface area contributed by atoms with E-state index in [1.165, 1.54) is 0 Å². The maximum atomic E-state index is 13.0. The van der Waals surface area contributed by atoms with Gasteiger partial charge in [0, 0.05) is 33.2 Å². The molecule has 5 heteroatoms. The van der Waals surface area contributed by atoms with E-state index in [2.05, 4.69) is 0 Å². The van der Waals surface area contributed by atoms with Gasteiger partial charge < -0.3 is 10.2 Å². The standard InChI is InChI=1S/C22H32N2O3/c1-15(25)13-17-11-8-12-18(17)20(26)24-19(14-16-9-6-5-7-10-16)21(27)23(4)22(24,2)3/h5-7,9-10,13,17-20,25-26H,8,11-12,14H2,1-4H3/b15-13+/t17-,18?,19+,20+/m1/s1. The van der Waals surface area contributed by atoms with Crippen LogP contribution < -0.4 is 10.0 Å². The van der Waals surface area contributed by atoms with Crippen LogP contribution in [0.2, 0.25) is 0 Å². The Balaban J connectivity index is 1.91. The van der Waals surface area contributed by atoms with Crippen molar-refractivity contribution in [3.05, 3.63) is 47.7 Å². The quantitative estimate of drug-likeness (QED) is 0.748. The molecule has 1 heterocycles. The van der Waals surface area contributed by atoms with Gasteiger partial charge in [0.25, 0.3) is 5.91 Å². The monoisotopic (exact) mass is 372 g/mol. The Hall–Kier alpha value is -1.85. The average Bonchev–Trinajstić information content (AvgIpc) is 3.13. The third-order valence-corrected chi connectivity index (χ3v) is 6.63. The molecule has 1 aliphatic heterocycles. The fraction of sp³-hybridized carbons (Fsp3) is 0.591. The fourth-order valence-corrected chi connectivity index (χ4v) is 5.03. The first kappa shape index (κ1) is 19.9. The minimum atomic E-state index is -0.675. The summed E-state index contributed by atoms with van der Waals surface area (Å²) >= 11 is 0. The maximum absolute atomic E-state index is 13.0. The number of carbonyl (C=O) groups is 1. The second-order valence-electron chi connectivity index (χ2n) is 8.63. The lowest BCUT2D eigenvalue weighted by molar-refractivity contribution is -1.01. The van der Waals surface area contributed by atoms with E-state index in [0.29, 0.717) is 6.42 Å². The van der Waals surface area contributed by atoms with Crippen LogP contribution in [0.4, 0.5) is 0 Å². The zero-order valence-corrected chi connectivity index (χ0v) is 16.8. The Labute approximate surface area is 162 Å². The van der Waals surface area contributed by atoms with Gasteiger partial charge in [0.15, 0.2) is 17.9 Å². The summed E-state index contributed by atoms with van der Waals surface area (Å²) in [5.41, 5.74) is 0.601. The molecule has 3 rings (SSSR count). The number of rotatable bonds is 5. The van der Waals surface area contributed by atoms with Gasteiger partial charge in [-0.1, -0.05) is 49.8 Å². The molecule has 1 saturated heterocycles. The van der Waals surface area contributed by atoms with E-state index < -0.39 is 11.9 Å². The third kappa shape index (κ3) is 3.76. The Bertz CT molecular complexity index is 697. The molecule has 5 atom stereocenters. The van der Waals surface area contributed by atoms with Crippen LogP contribution in [-0.2, 0) is 11.2 Å². The highest BCUT2D eigenvalue weighted by Crippen LogP contribution is 2.35. The van der Waals surface area contributed by atoms with E-state index in [1.54, 1.807) is 17.9 Å². The summed E-state index contributed by atoms with van der Waals surface area (Å²) in [5, 5.41) is 23.0. The molecule has 0 aromatic heterocycles. The summed E-state index contributed by atoms with van der Waals surface area (Å²) in [6, 6.07) is 9.68. The molecule has 148 valence electrons. The normalized spacial score (nSPS) is 32.1. The first-order valence-corrected chi connectivity index (χ1v) is 9.95. The number of hydrogen-bond acceptors (Lipinski definition) is 3. The van der Waals surface area contributed by atoms with Crippen molar-refractivity contribution in [2.45, 2.75) is 64.4 Å². The van der Waals surface area contributed by atoms with Gasteiger partial charge in [-0.2, -0.15) is 0 Å². The zero-order valence-electron chi connectivity index (χ0n) is 16.8. The van der Waals surface area contributed by atoms with Crippen molar-refractivity contribution < 1.29 is 19.9 Å². The van der Waals surface area contributed by atoms with Crippen LogP contribution in [0.25, 0.3) is 0 Å². The Morgan fingerprint density at radius 2 is 2.04 bits per heavy atom. The summed E-state index contributed by atoms with van der Waals surface area (Å²) in [5.74, 6) is 0.242. The van der Waals surface area contributed by atoms with E-state index in [4.69, 9.17) is 0 Å². The molecule has 1 aliphatic carbocycles. The van der Waals surface area contributed by atoms with Crippen LogP contribution in [0.5, 0.6) is 0 Å². The zero-order chi connectivity index (χ0) is 19.8. The number of aliphatic hydroxyl groups is 1. The summed E-state index contributed by atoms with van der Waals surface area (Å²) in [6.45, 7) is 5.62. The van der Waals surface area contributed by atoms with Gasteiger partial charge in [0.05, 0.1) is 0 Å². The Kier molecular flexibility index (Phi) is 5.63. The Morgan fingerprint density at radius 3 is 2.67 bits per heavy atom. The lowest BCUT2D eigenvalue weighted by atomic mass is 9.91. The van der Waals surface area contributed by atoms with Crippen molar-refractivity contribution in [1.82, 2.24) is 4.90 Å². The van der Waals surface area contributed by atoms with E-state index in [1.807, 2.05) is 51.2 Å². The number of quaternary nitrogens is 1. The molecule has 1 aromatic rings. The molecule has 2 unspecified atom stereocenters. The predicted molar refractivity (Wildman–Crippen MR) is 102 cm³/mol. The number of likely N-dealkylation sites (N-methyl/N-ethyl adjacent to an activating group) is 1. The molecule has 0 spiro atoms. The first-order chi connectivity index (χ1) is 12.7. The van der Waals surface area contributed by atoms with Crippen molar-refractivity contribution in [1.29, 1.82) is 0 Å². The summed E-state index contributed by atoms with van der Waals surface area (Å²) in [4.78, 5) is 15.7. The van der Waals surface area contributed by atoms with Gasteiger partial charge in [-0.25, -0.2) is 0 Å².